The molecule has 0 aliphatic rings. The van der Waals surface area contributed by atoms with Crippen LogP contribution in [0.15, 0.2) is 40.5 Å². The van der Waals surface area contributed by atoms with Gasteiger partial charge in [-0.2, -0.15) is 5.26 Å². The zero-order valence-electron chi connectivity index (χ0n) is 12.1. The molecule has 2 aromatic heterocycles. The molecule has 1 aromatic carbocycles. The van der Waals surface area contributed by atoms with Gasteiger partial charge in [0.15, 0.2) is 5.16 Å². The number of benzene rings is 1. The van der Waals surface area contributed by atoms with E-state index in [2.05, 4.69) is 16.3 Å². The zero-order chi connectivity index (χ0) is 15.7. The van der Waals surface area contributed by atoms with Gasteiger partial charge in [0.25, 0.3) is 0 Å². The molecule has 3 aromatic rings. The molecule has 0 amide bonds. The van der Waals surface area contributed by atoms with Gasteiger partial charge in [-0.05, 0) is 37.1 Å². The molecule has 0 bridgehead atoms. The summed E-state index contributed by atoms with van der Waals surface area (Å²) in [7, 11) is 0. The Hall–Kier alpha value is -2.59. The number of rotatable bonds is 3. The van der Waals surface area contributed by atoms with Crippen LogP contribution in [0.4, 0.5) is 0 Å². The molecule has 0 aliphatic carbocycles. The van der Waals surface area contributed by atoms with Crippen LogP contribution in [0.5, 0.6) is 0 Å². The lowest BCUT2D eigenvalue weighted by atomic mass is 10.1. The van der Waals surface area contributed by atoms with Crippen LogP contribution < -0.4 is 5.56 Å². The number of fused-ring (bicyclic) bond motifs is 1. The largest absolute Gasteiger partial charge is 0.300 e. The van der Waals surface area contributed by atoms with E-state index >= 15 is 0 Å². The van der Waals surface area contributed by atoms with Crippen molar-refractivity contribution in [2.45, 2.75) is 19.0 Å². The Morgan fingerprint density at radius 1 is 1.18 bits per heavy atom. The lowest BCUT2D eigenvalue weighted by molar-refractivity contribution is 0.893. The highest BCUT2D eigenvalue weighted by atomic mass is 32.2. The third-order valence-electron chi connectivity index (χ3n) is 3.19. The number of thioether (sulfide) groups is 1. The normalized spacial score (nSPS) is 10.8. The molecule has 0 saturated carbocycles. The van der Waals surface area contributed by atoms with E-state index in [-0.39, 0.29) is 17.0 Å². The van der Waals surface area contributed by atoms with Crippen molar-refractivity contribution >= 4 is 17.4 Å². The molecule has 3 rings (SSSR count). The molecular weight excluding hydrogens is 298 g/mol. The molecular formula is C15H13N5OS. The molecule has 0 N–H and O–H groups in total. The van der Waals surface area contributed by atoms with Crippen molar-refractivity contribution in [2.24, 2.45) is 0 Å². The molecule has 0 radical (unpaired) electrons. The Labute approximate surface area is 131 Å². The zero-order valence-corrected chi connectivity index (χ0v) is 13.0. The Balaban J connectivity index is 2.15. The van der Waals surface area contributed by atoms with E-state index in [0.717, 1.165) is 16.8 Å². The van der Waals surface area contributed by atoms with Gasteiger partial charge in [0.2, 0.25) is 5.65 Å². The van der Waals surface area contributed by atoms with Gasteiger partial charge in [-0.3, -0.25) is 13.8 Å². The molecule has 6 nitrogen and oxygen atoms in total. The summed E-state index contributed by atoms with van der Waals surface area (Å²) in [4.78, 5) is 12.6. The van der Waals surface area contributed by atoms with Gasteiger partial charge in [-0.1, -0.05) is 17.8 Å². The van der Waals surface area contributed by atoms with Crippen molar-refractivity contribution in [3.05, 3.63) is 52.1 Å². The monoisotopic (exact) mass is 311 g/mol. The number of aromatic nitrogens is 4. The number of nitriles is 1. The van der Waals surface area contributed by atoms with Crippen LogP contribution in [-0.4, -0.2) is 24.9 Å². The van der Waals surface area contributed by atoms with E-state index in [1.807, 2.05) is 32.0 Å². The summed E-state index contributed by atoms with van der Waals surface area (Å²) < 4.78 is 3.17. The standard InChI is InChI=1S/C15H13N5OS/c1-10-7-11(2)9-12(8-10)19-4-5-20-13(14(19)21)17-18-15(20)22-6-3-16/h4-5,7-9H,6H2,1-2H3. The Morgan fingerprint density at radius 3 is 2.59 bits per heavy atom. The smallest absolute Gasteiger partial charge is 0.280 e. The first-order chi connectivity index (χ1) is 10.6. The van der Waals surface area contributed by atoms with Crippen molar-refractivity contribution < 1.29 is 0 Å². The maximum atomic E-state index is 12.6. The number of hydrogen-bond acceptors (Lipinski definition) is 5. The van der Waals surface area contributed by atoms with Crippen LogP contribution in [-0.2, 0) is 0 Å². The first-order valence-electron chi connectivity index (χ1n) is 6.65. The Morgan fingerprint density at radius 2 is 1.91 bits per heavy atom. The lowest BCUT2D eigenvalue weighted by Crippen LogP contribution is -2.20. The second-order valence-electron chi connectivity index (χ2n) is 4.94. The van der Waals surface area contributed by atoms with Crippen LogP contribution in [0, 0.1) is 25.2 Å². The van der Waals surface area contributed by atoms with Crippen molar-refractivity contribution in [3.63, 3.8) is 0 Å². The molecule has 0 spiro atoms. The maximum Gasteiger partial charge on any atom is 0.300 e. The van der Waals surface area contributed by atoms with Crippen molar-refractivity contribution in [1.29, 1.82) is 5.26 Å². The molecule has 0 aliphatic heterocycles. The Kier molecular flexibility index (Phi) is 3.69. The number of aryl methyl sites for hydroxylation is 2. The van der Waals surface area contributed by atoms with Crippen molar-refractivity contribution in [2.75, 3.05) is 5.75 Å². The fourth-order valence-corrected chi connectivity index (χ4v) is 2.93. The highest BCUT2D eigenvalue weighted by molar-refractivity contribution is 7.99. The minimum absolute atomic E-state index is 0.233. The molecule has 0 unspecified atom stereocenters. The summed E-state index contributed by atoms with van der Waals surface area (Å²) in [5.74, 6) is 0.265. The SMILES string of the molecule is Cc1cc(C)cc(-n2ccn3c(SCC#N)nnc3c2=O)c1. The van der Waals surface area contributed by atoms with Gasteiger partial charge in [0.05, 0.1) is 11.8 Å². The van der Waals surface area contributed by atoms with Gasteiger partial charge in [-0.15, -0.1) is 10.2 Å². The molecule has 0 fully saturated rings. The molecule has 7 heteroatoms. The van der Waals surface area contributed by atoms with E-state index in [4.69, 9.17) is 5.26 Å². The maximum absolute atomic E-state index is 12.6. The highest BCUT2D eigenvalue weighted by Crippen LogP contribution is 2.16. The summed E-state index contributed by atoms with van der Waals surface area (Å²) in [5.41, 5.74) is 3.01. The van der Waals surface area contributed by atoms with E-state index in [1.54, 1.807) is 21.4 Å². The third-order valence-corrected chi connectivity index (χ3v) is 4.00. The average molecular weight is 311 g/mol. The van der Waals surface area contributed by atoms with Crippen LogP contribution >= 0.6 is 11.8 Å². The average Bonchev–Trinajstić information content (AvgIpc) is 2.88. The molecule has 22 heavy (non-hydrogen) atoms. The van der Waals surface area contributed by atoms with Crippen LogP contribution in [0.3, 0.4) is 0 Å². The first-order valence-corrected chi connectivity index (χ1v) is 7.63. The third kappa shape index (κ3) is 2.49. The van der Waals surface area contributed by atoms with E-state index in [9.17, 15) is 4.79 Å². The molecule has 110 valence electrons. The highest BCUT2D eigenvalue weighted by Gasteiger charge is 2.12. The second-order valence-corrected chi connectivity index (χ2v) is 5.88. The van der Waals surface area contributed by atoms with Gasteiger partial charge in [0, 0.05) is 18.1 Å². The van der Waals surface area contributed by atoms with Crippen LogP contribution in [0.2, 0.25) is 0 Å². The number of nitrogens with zero attached hydrogens (tertiary/aromatic N) is 5. The van der Waals surface area contributed by atoms with Crippen LogP contribution in [0.1, 0.15) is 11.1 Å². The number of hydrogen-bond donors (Lipinski definition) is 0. The Bertz CT molecular complexity index is 930. The summed E-state index contributed by atoms with van der Waals surface area (Å²) in [6.07, 6.45) is 3.44. The van der Waals surface area contributed by atoms with Crippen LogP contribution in [0.25, 0.3) is 11.3 Å². The topological polar surface area (TPSA) is 76.0 Å². The predicted octanol–water partition coefficient (Wildman–Crippen LogP) is 2.11. The molecule has 0 atom stereocenters. The van der Waals surface area contributed by atoms with E-state index < -0.39 is 0 Å². The van der Waals surface area contributed by atoms with E-state index in [0.29, 0.717) is 5.16 Å². The van der Waals surface area contributed by atoms with Crippen molar-refractivity contribution in [1.82, 2.24) is 19.2 Å². The summed E-state index contributed by atoms with van der Waals surface area (Å²) in [6, 6.07) is 7.99. The summed E-state index contributed by atoms with van der Waals surface area (Å²) in [5, 5.41) is 17.1. The fourth-order valence-electron chi connectivity index (χ4n) is 2.35. The second kappa shape index (κ2) is 5.66. The van der Waals surface area contributed by atoms with Crippen molar-refractivity contribution in [3.8, 4) is 11.8 Å². The van der Waals surface area contributed by atoms with Gasteiger partial charge in [0.1, 0.15) is 0 Å². The minimum atomic E-state index is -0.233. The summed E-state index contributed by atoms with van der Waals surface area (Å²) in [6.45, 7) is 3.99. The lowest BCUT2D eigenvalue weighted by Gasteiger charge is -2.08. The minimum Gasteiger partial charge on any atom is -0.280 e. The predicted molar refractivity (Wildman–Crippen MR) is 84.4 cm³/mol. The van der Waals surface area contributed by atoms with Gasteiger partial charge < -0.3 is 0 Å². The quantitative estimate of drug-likeness (QED) is 0.692. The molecule has 0 saturated heterocycles. The fraction of sp³-hybridized carbons (Fsp3) is 0.200. The van der Waals surface area contributed by atoms with E-state index in [1.165, 1.54) is 11.8 Å². The van der Waals surface area contributed by atoms with Gasteiger partial charge >= 0.3 is 5.56 Å². The first kappa shape index (κ1) is 14.4. The summed E-state index contributed by atoms with van der Waals surface area (Å²) >= 11 is 1.25. The van der Waals surface area contributed by atoms with Gasteiger partial charge in [-0.25, -0.2) is 0 Å². The molecule has 2 heterocycles.